The SMILES string of the molecule is N#CC1(NC(=O)C2CC(S(=O)(=O)c3ccc(N4CCC4)cc3Cl)CN2C(=O)C2(c3ccc(Cl)cc3)CC2)CC1. The van der Waals surface area contributed by atoms with Gasteiger partial charge < -0.3 is 15.1 Å². The van der Waals surface area contributed by atoms with E-state index in [0.717, 1.165) is 30.8 Å². The molecule has 2 saturated heterocycles. The number of hydrogen-bond acceptors (Lipinski definition) is 6. The first-order valence-electron chi connectivity index (χ1n) is 13.2. The Balaban J connectivity index is 1.31. The summed E-state index contributed by atoms with van der Waals surface area (Å²) in [4.78, 5) is 31.0. The number of halogens is 2. The van der Waals surface area contributed by atoms with Gasteiger partial charge in [0.05, 0.1) is 26.7 Å². The Hall–Kier alpha value is -2.80. The number of sulfone groups is 1. The molecule has 2 atom stereocenters. The Bertz CT molecular complexity index is 1490. The summed E-state index contributed by atoms with van der Waals surface area (Å²) in [6, 6.07) is 13.1. The molecular formula is C28H28Cl2N4O4S. The normalized spacial score (nSPS) is 24.4. The molecule has 0 bridgehead atoms. The van der Waals surface area contributed by atoms with Crippen molar-refractivity contribution in [2.45, 2.75) is 65.7 Å². The average Bonchev–Trinajstić information content (AvgIpc) is 3.79. The molecule has 2 aromatic rings. The minimum absolute atomic E-state index is 0.00132. The third kappa shape index (κ3) is 4.56. The summed E-state index contributed by atoms with van der Waals surface area (Å²) >= 11 is 12.6. The van der Waals surface area contributed by atoms with Crippen LogP contribution < -0.4 is 10.2 Å². The number of nitrogens with zero attached hydrogens (tertiary/aromatic N) is 3. The maximum atomic E-state index is 14.0. The van der Waals surface area contributed by atoms with Crippen molar-refractivity contribution in [3.05, 3.63) is 58.1 Å². The van der Waals surface area contributed by atoms with Crippen LogP contribution in [0, 0.1) is 11.3 Å². The molecule has 2 aliphatic heterocycles. The Morgan fingerprint density at radius 2 is 1.72 bits per heavy atom. The predicted octanol–water partition coefficient (Wildman–Crippen LogP) is 3.85. The number of nitrogens with one attached hydrogen (secondary N) is 1. The third-order valence-corrected chi connectivity index (χ3v) is 11.5. The van der Waals surface area contributed by atoms with Gasteiger partial charge in [-0.3, -0.25) is 9.59 Å². The first-order valence-corrected chi connectivity index (χ1v) is 15.5. The molecule has 0 radical (unpaired) electrons. The molecule has 8 nitrogen and oxygen atoms in total. The fraction of sp³-hybridized carbons (Fsp3) is 0.464. The number of rotatable bonds is 7. The summed E-state index contributed by atoms with van der Waals surface area (Å²) in [5.74, 6) is -0.769. The fourth-order valence-corrected chi connectivity index (χ4v) is 8.03. The lowest BCUT2D eigenvalue weighted by Crippen LogP contribution is -2.51. The molecule has 6 rings (SSSR count). The summed E-state index contributed by atoms with van der Waals surface area (Å²) in [7, 11) is -3.97. The lowest BCUT2D eigenvalue weighted by molar-refractivity contribution is -0.140. The number of hydrogen-bond donors (Lipinski definition) is 1. The van der Waals surface area contributed by atoms with Gasteiger partial charge in [-0.25, -0.2) is 8.42 Å². The molecule has 11 heteroatoms. The molecule has 2 aromatic carbocycles. The Morgan fingerprint density at radius 1 is 1.03 bits per heavy atom. The van der Waals surface area contributed by atoms with Crippen molar-refractivity contribution in [3.63, 3.8) is 0 Å². The van der Waals surface area contributed by atoms with Crippen molar-refractivity contribution in [1.29, 1.82) is 5.26 Å². The van der Waals surface area contributed by atoms with E-state index < -0.39 is 38.0 Å². The third-order valence-electron chi connectivity index (χ3n) is 8.59. The number of benzene rings is 2. The van der Waals surface area contributed by atoms with Gasteiger partial charge in [0, 0.05) is 30.3 Å². The van der Waals surface area contributed by atoms with Gasteiger partial charge >= 0.3 is 0 Å². The second-order valence-corrected chi connectivity index (χ2v) is 14.1. The molecule has 4 aliphatic rings. The minimum atomic E-state index is -3.97. The van der Waals surface area contributed by atoms with Crippen LogP contribution in [-0.2, 0) is 24.8 Å². The van der Waals surface area contributed by atoms with Crippen molar-refractivity contribution in [1.82, 2.24) is 10.2 Å². The molecule has 39 heavy (non-hydrogen) atoms. The smallest absolute Gasteiger partial charge is 0.244 e. The Kier molecular flexibility index (Phi) is 6.37. The average molecular weight is 588 g/mol. The van der Waals surface area contributed by atoms with Crippen LogP contribution in [0.3, 0.4) is 0 Å². The van der Waals surface area contributed by atoms with E-state index in [-0.39, 0.29) is 28.8 Å². The van der Waals surface area contributed by atoms with Gasteiger partial charge in [0.25, 0.3) is 0 Å². The quantitative estimate of drug-likeness (QED) is 0.527. The van der Waals surface area contributed by atoms with E-state index >= 15 is 0 Å². The molecule has 4 fully saturated rings. The number of carbonyl (C=O) groups excluding carboxylic acids is 2. The molecule has 1 N–H and O–H groups in total. The highest BCUT2D eigenvalue weighted by molar-refractivity contribution is 7.92. The van der Waals surface area contributed by atoms with Crippen LogP contribution >= 0.6 is 23.2 Å². The molecular weight excluding hydrogens is 559 g/mol. The first kappa shape index (κ1) is 26.4. The zero-order valence-electron chi connectivity index (χ0n) is 21.2. The molecule has 204 valence electrons. The van der Waals surface area contributed by atoms with Crippen LogP contribution in [0.5, 0.6) is 0 Å². The maximum absolute atomic E-state index is 14.0. The van der Waals surface area contributed by atoms with Crippen molar-refractivity contribution < 1.29 is 18.0 Å². The molecule has 2 unspecified atom stereocenters. The summed E-state index contributed by atoms with van der Waals surface area (Å²) in [5, 5.41) is 12.0. The van der Waals surface area contributed by atoms with Gasteiger partial charge in [-0.15, -0.1) is 0 Å². The van der Waals surface area contributed by atoms with Crippen molar-refractivity contribution in [2.75, 3.05) is 24.5 Å². The number of carbonyl (C=O) groups is 2. The van der Waals surface area contributed by atoms with Crippen LogP contribution in [-0.4, -0.2) is 61.6 Å². The lowest BCUT2D eigenvalue weighted by atomic mass is 9.94. The Morgan fingerprint density at radius 3 is 2.26 bits per heavy atom. The van der Waals surface area contributed by atoms with E-state index in [0.29, 0.717) is 30.7 Å². The fourth-order valence-electron chi connectivity index (χ4n) is 5.67. The van der Waals surface area contributed by atoms with E-state index in [2.05, 4.69) is 16.3 Å². The standard InChI is InChI=1S/C28H28Cl2N4O4S/c29-19-4-2-18(3-5-19)28(10-11-28)26(36)34-16-21(15-23(34)25(35)32-27(17-31)8-9-27)39(37,38)24-7-6-20(14-22(24)30)33-12-1-13-33/h2-7,14,21,23H,1,8-13,15-16H2,(H,32,35). The minimum Gasteiger partial charge on any atom is -0.371 e. The Labute approximate surface area is 237 Å². The van der Waals surface area contributed by atoms with E-state index in [4.69, 9.17) is 23.2 Å². The highest BCUT2D eigenvalue weighted by Crippen LogP contribution is 2.51. The van der Waals surface area contributed by atoms with E-state index in [1.54, 1.807) is 36.4 Å². The van der Waals surface area contributed by atoms with Crippen LogP contribution in [0.25, 0.3) is 0 Å². The first-order chi connectivity index (χ1) is 18.6. The van der Waals surface area contributed by atoms with E-state index in [9.17, 15) is 23.3 Å². The highest BCUT2D eigenvalue weighted by atomic mass is 35.5. The van der Waals surface area contributed by atoms with Crippen LogP contribution in [0.15, 0.2) is 47.4 Å². The second kappa shape index (κ2) is 9.39. The van der Waals surface area contributed by atoms with Crippen molar-refractivity contribution in [3.8, 4) is 6.07 Å². The molecule has 2 amide bonds. The molecule has 0 spiro atoms. The number of amides is 2. The summed E-state index contributed by atoms with van der Waals surface area (Å²) in [5.41, 5.74) is -0.0880. The topological polar surface area (TPSA) is 111 Å². The molecule has 2 saturated carbocycles. The van der Waals surface area contributed by atoms with Gasteiger partial charge in [-0.1, -0.05) is 35.3 Å². The lowest BCUT2D eigenvalue weighted by Gasteiger charge is -2.33. The molecule has 2 aliphatic carbocycles. The summed E-state index contributed by atoms with van der Waals surface area (Å²) < 4.78 is 27.7. The van der Waals surface area contributed by atoms with Gasteiger partial charge in [-0.2, -0.15) is 5.26 Å². The van der Waals surface area contributed by atoms with Crippen LogP contribution in [0.4, 0.5) is 5.69 Å². The largest absolute Gasteiger partial charge is 0.371 e. The van der Waals surface area contributed by atoms with Crippen LogP contribution in [0.2, 0.25) is 10.0 Å². The van der Waals surface area contributed by atoms with Crippen molar-refractivity contribution >= 4 is 50.5 Å². The summed E-state index contributed by atoms with van der Waals surface area (Å²) in [6.45, 7) is 1.68. The predicted molar refractivity (Wildman–Crippen MR) is 147 cm³/mol. The van der Waals surface area contributed by atoms with Gasteiger partial charge in [0.1, 0.15) is 11.6 Å². The molecule has 0 aromatic heterocycles. The maximum Gasteiger partial charge on any atom is 0.244 e. The van der Waals surface area contributed by atoms with E-state index in [1.165, 1.54) is 11.0 Å². The number of likely N-dealkylation sites (tertiary alicyclic amines) is 1. The van der Waals surface area contributed by atoms with Gasteiger partial charge in [0.15, 0.2) is 9.84 Å². The zero-order chi connectivity index (χ0) is 27.6. The van der Waals surface area contributed by atoms with Gasteiger partial charge in [-0.05, 0) is 74.4 Å². The number of nitriles is 1. The van der Waals surface area contributed by atoms with E-state index in [1.807, 2.05) is 0 Å². The van der Waals surface area contributed by atoms with Crippen molar-refractivity contribution in [2.24, 2.45) is 0 Å². The molecule has 2 heterocycles. The highest BCUT2D eigenvalue weighted by Gasteiger charge is 2.58. The van der Waals surface area contributed by atoms with Gasteiger partial charge in [0.2, 0.25) is 11.8 Å². The number of anilines is 1. The van der Waals surface area contributed by atoms with Crippen LogP contribution in [0.1, 0.15) is 44.1 Å². The second-order valence-electron chi connectivity index (χ2n) is 11.1. The monoisotopic (exact) mass is 586 g/mol. The summed E-state index contributed by atoms with van der Waals surface area (Å²) in [6.07, 6.45) is 3.28. The zero-order valence-corrected chi connectivity index (χ0v) is 23.5.